The highest BCUT2D eigenvalue weighted by atomic mass is 16.5. The van der Waals surface area contributed by atoms with Crippen LogP contribution >= 0.6 is 0 Å². The van der Waals surface area contributed by atoms with Gasteiger partial charge in [-0.1, -0.05) is 12.2 Å². The molecule has 57 valence electrons. The molecule has 0 N–H and O–H groups in total. The van der Waals surface area contributed by atoms with E-state index in [0.29, 0.717) is 0 Å². The molecule has 0 bridgehead atoms. The zero-order chi connectivity index (χ0) is 7.23. The van der Waals surface area contributed by atoms with E-state index in [1.54, 1.807) is 7.11 Å². The predicted octanol–water partition coefficient (Wildman–Crippen LogP) is 2.19. The van der Waals surface area contributed by atoms with Crippen LogP contribution in [0.15, 0.2) is 12.2 Å². The lowest BCUT2D eigenvalue weighted by atomic mass is 10.2. The molecule has 1 radical (unpaired) electrons. The van der Waals surface area contributed by atoms with Crippen molar-refractivity contribution in [2.75, 3.05) is 13.7 Å². The van der Waals surface area contributed by atoms with Crippen molar-refractivity contribution in [3.63, 3.8) is 0 Å². The summed E-state index contributed by atoms with van der Waals surface area (Å²) in [5.74, 6) is 0.808. The van der Waals surface area contributed by atoms with Crippen LogP contribution in [0.5, 0.6) is 0 Å². The molecule has 1 nitrogen and oxygen atoms in total. The lowest BCUT2D eigenvalue weighted by Crippen LogP contribution is -1.85. The molecule has 0 aliphatic heterocycles. The van der Waals surface area contributed by atoms with Gasteiger partial charge in [0.25, 0.3) is 0 Å². The maximum Gasteiger partial charge on any atom is 0.0465 e. The van der Waals surface area contributed by atoms with Crippen molar-refractivity contribution in [3.05, 3.63) is 18.6 Å². The molecule has 0 saturated heterocycles. The molecule has 1 fully saturated rings. The Morgan fingerprint density at radius 2 is 2.50 bits per heavy atom. The summed E-state index contributed by atoms with van der Waals surface area (Å²) in [7, 11) is 1.75. The molecule has 1 heteroatoms. The van der Waals surface area contributed by atoms with Crippen LogP contribution in [0.3, 0.4) is 0 Å². The Labute approximate surface area is 63.1 Å². The number of allylic oxidation sites excluding steroid dienone is 2. The molecule has 0 heterocycles. The second-order valence-corrected chi connectivity index (χ2v) is 2.70. The van der Waals surface area contributed by atoms with Gasteiger partial charge in [0.05, 0.1) is 0 Å². The molecule has 1 rings (SSSR count). The summed E-state index contributed by atoms with van der Waals surface area (Å²) in [6.45, 7) is 0.888. The molecule has 0 aromatic carbocycles. The Hall–Kier alpha value is -0.300. The van der Waals surface area contributed by atoms with Crippen LogP contribution in [-0.2, 0) is 4.74 Å². The molecule has 1 atom stereocenters. The van der Waals surface area contributed by atoms with E-state index in [1.807, 2.05) is 0 Å². The van der Waals surface area contributed by atoms with Crippen LogP contribution in [0.2, 0.25) is 0 Å². The van der Waals surface area contributed by atoms with Crippen molar-refractivity contribution >= 4 is 0 Å². The fraction of sp³-hybridized carbons (Fsp3) is 0.667. The van der Waals surface area contributed by atoms with E-state index in [-0.39, 0.29) is 0 Å². The van der Waals surface area contributed by atoms with E-state index in [0.717, 1.165) is 25.4 Å². The van der Waals surface area contributed by atoms with E-state index in [1.165, 1.54) is 6.42 Å². The van der Waals surface area contributed by atoms with Crippen LogP contribution in [0.25, 0.3) is 0 Å². The molecule has 0 amide bonds. The third-order valence-corrected chi connectivity index (χ3v) is 1.61. The zero-order valence-corrected chi connectivity index (χ0v) is 6.55. The molecule has 0 aromatic rings. The highest BCUT2D eigenvalue weighted by Gasteiger charge is 2.16. The van der Waals surface area contributed by atoms with Gasteiger partial charge in [-0.2, -0.15) is 0 Å². The quantitative estimate of drug-likeness (QED) is 0.419. The maximum absolute atomic E-state index is 4.92. The highest BCUT2D eigenvalue weighted by Crippen LogP contribution is 2.28. The average molecular weight is 139 g/mol. The van der Waals surface area contributed by atoms with Gasteiger partial charge in [-0.25, -0.2) is 0 Å². The largest absolute Gasteiger partial charge is 0.385 e. The number of methoxy groups -OCH3 is 1. The monoisotopic (exact) mass is 139 g/mol. The van der Waals surface area contributed by atoms with Gasteiger partial charge in [-0.3, -0.25) is 0 Å². The minimum absolute atomic E-state index is 0.808. The molecule has 1 saturated carbocycles. The summed E-state index contributed by atoms with van der Waals surface area (Å²) in [5.41, 5.74) is 0. The first kappa shape index (κ1) is 7.80. The van der Waals surface area contributed by atoms with Crippen LogP contribution in [0.1, 0.15) is 19.3 Å². The summed E-state index contributed by atoms with van der Waals surface area (Å²) in [4.78, 5) is 0. The van der Waals surface area contributed by atoms with Gasteiger partial charge >= 0.3 is 0 Å². The van der Waals surface area contributed by atoms with Gasteiger partial charge in [0.1, 0.15) is 0 Å². The summed E-state index contributed by atoms with van der Waals surface area (Å²) < 4.78 is 4.92. The number of unbranched alkanes of at least 4 members (excludes halogenated alkanes) is 1. The minimum atomic E-state index is 0.808. The molecule has 0 spiro atoms. The number of rotatable bonds is 5. The lowest BCUT2D eigenvalue weighted by Gasteiger charge is -1.92. The Bertz CT molecular complexity index is 103. The Morgan fingerprint density at radius 3 is 3.10 bits per heavy atom. The van der Waals surface area contributed by atoms with Gasteiger partial charge in [-0.05, 0) is 31.6 Å². The van der Waals surface area contributed by atoms with E-state index in [9.17, 15) is 0 Å². The maximum atomic E-state index is 4.92. The van der Waals surface area contributed by atoms with Crippen molar-refractivity contribution in [1.29, 1.82) is 0 Å². The smallest absolute Gasteiger partial charge is 0.0465 e. The zero-order valence-electron chi connectivity index (χ0n) is 6.55. The molecule has 1 aliphatic carbocycles. The van der Waals surface area contributed by atoms with Crippen LogP contribution in [-0.4, -0.2) is 13.7 Å². The third-order valence-electron chi connectivity index (χ3n) is 1.61. The molecule has 1 aliphatic rings. The number of hydrogen-bond acceptors (Lipinski definition) is 1. The standard InChI is InChI=1S/C9H15O/c1-10-8-4-2-3-5-9-6-7-9/h3,5-6,9H,2,4,7-8H2,1H3. The molecular weight excluding hydrogens is 124 g/mol. The summed E-state index contributed by atoms with van der Waals surface area (Å²) >= 11 is 0. The second kappa shape index (κ2) is 4.51. The van der Waals surface area contributed by atoms with Gasteiger partial charge in [0.2, 0.25) is 0 Å². The van der Waals surface area contributed by atoms with Gasteiger partial charge < -0.3 is 4.74 Å². The van der Waals surface area contributed by atoms with Crippen LogP contribution < -0.4 is 0 Å². The van der Waals surface area contributed by atoms with Crippen LogP contribution in [0, 0.1) is 12.3 Å². The first-order chi connectivity index (χ1) is 4.93. The van der Waals surface area contributed by atoms with Crippen molar-refractivity contribution in [1.82, 2.24) is 0 Å². The minimum Gasteiger partial charge on any atom is -0.385 e. The lowest BCUT2D eigenvalue weighted by molar-refractivity contribution is 0.196. The Morgan fingerprint density at radius 1 is 1.70 bits per heavy atom. The van der Waals surface area contributed by atoms with Crippen LogP contribution in [0.4, 0.5) is 0 Å². The van der Waals surface area contributed by atoms with Crippen molar-refractivity contribution < 1.29 is 4.74 Å². The predicted molar refractivity (Wildman–Crippen MR) is 42.7 cm³/mol. The van der Waals surface area contributed by atoms with E-state index in [4.69, 9.17) is 4.74 Å². The normalized spacial score (nSPS) is 18.5. The van der Waals surface area contributed by atoms with Gasteiger partial charge in [0.15, 0.2) is 0 Å². The average Bonchev–Trinajstić information content (AvgIpc) is 2.71. The molecule has 10 heavy (non-hydrogen) atoms. The third kappa shape index (κ3) is 3.67. The van der Waals surface area contributed by atoms with Gasteiger partial charge in [-0.15, -0.1) is 0 Å². The molecule has 0 aromatic heterocycles. The Kier molecular flexibility index (Phi) is 3.52. The second-order valence-electron chi connectivity index (χ2n) is 2.70. The fourth-order valence-electron chi connectivity index (χ4n) is 0.852. The molecular formula is C9H15O. The van der Waals surface area contributed by atoms with E-state index < -0.39 is 0 Å². The van der Waals surface area contributed by atoms with Gasteiger partial charge in [0, 0.05) is 13.7 Å². The fourth-order valence-corrected chi connectivity index (χ4v) is 0.852. The molecule has 1 unspecified atom stereocenters. The Balaban J connectivity index is 1.83. The highest BCUT2D eigenvalue weighted by molar-refractivity contribution is 5.08. The topological polar surface area (TPSA) is 9.23 Å². The van der Waals surface area contributed by atoms with Crippen molar-refractivity contribution in [2.24, 2.45) is 5.92 Å². The van der Waals surface area contributed by atoms with E-state index in [2.05, 4.69) is 18.6 Å². The van der Waals surface area contributed by atoms with E-state index >= 15 is 0 Å². The number of hydrogen-bond donors (Lipinski definition) is 0. The van der Waals surface area contributed by atoms with Crippen molar-refractivity contribution in [2.45, 2.75) is 19.3 Å². The summed E-state index contributed by atoms with van der Waals surface area (Å²) in [5, 5.41) is 0. The summed E-state index contributed by atoms with van der Waals surface area (Å²) in [6.07, 6.45) is 10.5. The SMILES string of the molecule is COCCCC=CC1[CH]C1. The first-order valence-electron chi connectivity index (χ1n) is 3.92. The number of ether oxygens (including phenoxy) is 1. The summed E-state index contributed by atoms with van der Waals surface area (Å²) in [6, 6.07) is 0. The first-order valence-corrected chi connectivity index (χ1v) is 3.92. The van der Waals surface area contributed by atoms with Crippen molar-refractivity contribution in [3.8, 4) is 0 Å².